The van der Waals surface area contributed by atoms with E-state index < -0.39 is 0 Å². The number of ether oxygens (including phenoxy) is 1. The summed E-state index contributed by atoms with van der Waals surface area (Å²) >= 11 is 6.98. The van der Waals surface area contributed by atoms with Gasteiger partial charge in [-0.1, -0.05) is 18.3 Å². The molecular weight excluding hydrogens is 330 g/mol. The summed E-state index contributed by atoms with van der Waals surface area (Å²) in [7, 11) is 1.38. The van der Waals surface area contributed by atoms with E-state index in [0.717, 1.165) is 39.5 Å². The fourth-order valence-corrected chi connectivity index (χ4v) is 3.85. The van der Waals surface area contributed by atoms with E-state index in [-0.39, 0.29) is 5.97 Å². The normalized spacial score (nSPS) is 15.7. The first-order valence-electron chi connectivity index (χ1n) is 7.61. The van der Waals surface area contributed by atoms with Crippen LogP contribution in [0.4, 0.5) is 5.13 Å². The number of hydrogen-bond acceptors (Lipinski definition) is 5. The van der Waals surface area contributed by atoms with Gasteiger partial charge in [-0.05, 0) is 49.2 Å². The topological polar surface area (TPSA) is 54.5 Å². The first-order chi connectivity index (χ1) is 11.1. The predicted octanol–water partition coefficient (Wildman–Crippen LogP) is 3.51. The fraction of sp³-hybridized carbons (Fsp3) is 0.438. The Bertz CT molecular complexity index is 736. The summed E-state index contributed by atoms with van der Waals surface area (Å²) in [5, 5.41) is 4.71. The van der Waals surface area contributed by atoms with E-state index in [9.17, 15) is 4.79 Å². The first-order valence-corrected chi connectivity index (χ1v) is 8.84. The summed E-state index contributed by atoms with van der Waals surface area (Å²) in [5.41, 5.74) is 1.38. The molecule has 2 aromatic rings. The van der Waals surface area contributed by atoms with Gasteiger partial charge in [0.05, 0.1) is 22.9 Å². The molecule has 1 aliphatic rings. The van der Waals surface area contributed by atoms with Crippen molar-refractivity contribution < 1.29 is 9.53 Å². The molecule has 0 spiro atoms. The number of thiocarbonyl (C=S) groups is 1. The van der Waals surface area contributed by atoms with Crippen LogP contribution in [0.3, 0.4) is 0 Å². The van der Waals surface area contributed by atoms with E-state index >= 15 is 0 Å². The van der Waals surface area contributed by atoms with Gasteiger partial charge in [-0.25, -0.2) is 9.78 Å². The van der Waals surface area contributed by atoms with Gasteiger partial charge in [-0.2, -0.15) is 0 Å². The third kappa shape index (κ3) is 3.61. The predicted molar refractivity (Wildman–Crippen MR) is 97.2 cm³/mol. The van der Waals surface area contributed by atoms with Crippen LogP contribution in [0.1, 0.15) is 30.1 Å². The highest BCUT2D eigenvalue weighted by molar-refractivity contribution is 7.80. The number of thiazole rings is 1. The van der Waals surface area contributed by atoms with Gasteiger partial charge in [0, 0.05) is 13.1 Å². The molecule has 1 aromatic heterocycles. The first kappa shape index (κ1) is 16.1. The molecular formula is C16H19N3O2S2. The van der Waals surface area contributed by atoms with Crippen LogP contribution in [-0.2, 0) is 4.74 Å². The smallest absolute Gasteiger partial charge is 0.337 e. The van der Waals surface area contributed by atoms with Crippen LogP contribution in [-0.4, -0.2) is 41.2 Å². The summed E-state index contributed by atoms with van der Waals surface area (Å²) in [6, 6.07) is 5.35. The van der Waals surface area contributed by atoms with E-state index in [1.54, 1.807) is 12.1 Å². The van der Waals surface area contributed by atoms with E-state index in [1.165, 1.54) is 31.3 Å². The van der Waals surface area contributed by atoms with Crippen LogP contribution in [0.15, 0.2) is 18.2 Å². The van der Waals surface area contributed by atoms with Crippen LogP contribution in [0.25, 0.3) is 10.2 Å². The number of esters is 1. The standard InChI is InChI=1S/C16H19N3O2S2/c1-10-5-7-19(8-6-10)16(22)18-15-17-12-4-3-11(14(20)21-2)9-13(12)23-15/h3-4,9-10H,5-8H2,1-2H3,(H,17,18,22). The Morgan fingerprint density at radius 3 is 2.87 bits per heavy atom. The lowest BCUT2D eigenvalue weighted by Gasteiger charge is -2.31. The van der Waals surface area contributed by atoms with Gasteiger partial charge in [-0.3, -0.25) is 0 Å². The van der Waals surface area contributed by atoms with Crippen molar-refractivity contribution in [3.05, 3.63) is 23.8 Å². The maximum Gasteiger partial charge on any atom is 0.337 e. The molecule has 0 unspecified atom stereocenters. The molecule has 122 valence electrons. The number of nitrogens with one attached hydrogen (secondary N) is 1. The molecule has 7 heteroatoms. The number of hydrogen-bond donors (Lipinski definition) is 1. The van der Waals surface area contributed by atoms with Crippen LogP contribution in [0.2, 0.25) is 0 Å². The molecule has 1 N–H and O–H groups in total. The quantitative estimate of drug-likeness (QED) is 0.661. The number of carbonyl (C=O) groups is 1. The lowest BCUT2D eigenvalue weighted by Crippen LogP contribution is -2.40. The molecule has 0 radical (unpaired) electrons. The number of methoxy groups -OCH3 is 1. The van der Waals surface area contributed by atoms with Crippen molar-refractivity contribution in [3.8, 4) is 0 Å². The van der Waals surface area contributed by atoms with Gasteiger partial charge < -0.3 is 15.0 Å². The number of anilines is 1. The Morgan fingerprint density at radius 1 is 1.43 bits per heavy atom. The zero-order valence-corrected chi connectivity index (χ0v) is 14.8. The number of likely N-dealkylation sites (tertiary alicyclic amines) is 1. The molecule has 5 nitrogen and oxygen atoms in total. The maximum atomic E-state index is 11.6. The van der Waals surface area contributed by atoms with E-state index in [2.05, 4.69) is 22.1 Å². The Hall–Kier alpha value is -1.73. The third-order valence-electron chi connectivity index (χ3n) is 4.09. The van der Waals surface area contributed by atoms with Crippen LogP contribution < -0.4 is 5.32 Å². The molecule has 0 aliphatic carbocycles. The SMILES string of the molecule is COC(=O)c1ccc2nc(NC(=S)N3CCC(C)CC3)sc2c1. The van der Waals surface area contributed by atoms with Crippen LogP contribution in [0, 0.1) is 5.92 Å². The fourth-order valence-electron chi connectivity index (χ4n) is 2.61. The lowest BCUT2D eigenvalue weighted by molar-refractivity contribution is 0.0601. The Morgan fingerprint density at radius 2 is 2.17 bits per heavy atom. The highest BCUT2D eigenvalue weighted by Crippen LogP contribution is 2.27. The number of fused-ring (bicyclic) bond motifs is 1. The monoisotopic (exact) mass is 349 g/mol. The van der Waals surface area contributed by atoms with Crippen LogP contribution in [0.5, 0.6) is 0 Å². The lowest BCUT2D eigenvalue weighted by atomic mass is 10.00. The molecule has 0 atom stereocenters. The van der Waals surface area contributed by atoms with Crippen molar-refractivity contribution in [1.29, 1.82) is 0 Å². The average molecular weight is 349 g/mol. The largest absolute Gasteiger partial charge is 0.465 e. The van der Waals surface area contributed by atoms with E-state index in [0.29, 0.717) is 5.56 Å². The van der Waals surface area contributed by atoms with Gasteiger partial charge in [0.25, 0.3) is 0 Å². The number of piperidine rings is 1. The highest BCUT2D eigenvalue weighted by Gasteiger charge is 2.19. The van der Waals surface area contributed by atoms with Crippen molar-refractivity contribution in [2.45, 2.75) is 19.8 Å². The second-order valence-electron chi connectivity index (χ2n) is 5.79. The molecule has 0 bridgehead atoms. The second kappa shape index (κ2) is 6.80. The maximum absolute atomic E-state index is 11.6. The molecule has 23 heavy (non-hydrogen) atoms. The number of carbonyl (C=O) groups excluding carboxylic acids is 1. The highest BCUT2D eigenvalue weighted by atomic mass is 32.1. The molecule has 1 fully saturated rings. The Kier molecular flexibility index (Phi) is 4.77. The second-order valence-corrected chi connectivity index (χ2v) is 7.21. The minimum atomic E-state index is -0.340. The summed E-state index contributed by atoms with van der Waals surface area (Å²) in [5.74, 6) is 0.431. The van der Waals surface area contributed by atoms with Gasteiger partial charge in [0.1, 0.15) is 0 Å². The Labute approximate surface area is 144 Å². The number of rotatable bonds is 2. The summed E-state index contributed by atoms with van der Waals surface area (Å²) in [6.45, 7) is 4.26. The van der Waals surface area contributed by atoms with Crippen molar-refractivity contribution in [1.82, 2.24) is 9.88 Å². The summed E-state index contributed by atoms with van der Waals surface area (Å²) < 4.78 is 5.68. The van der Waals surface area contributed by atoms with Gasteiger partial charge in [0.15, 0.2) is 10.2 Å². The molecule has 1 saturated heterocycles. The van der Waals surface area contributed by atoms with Gasteiger partial charge in [-0.15, -0.1) is 0 Å². The molecule has 0 saturated carbocycles. The minimum absolute atomic E-state index is 0.340. The van der Waals surface area contributed by atoms with E-state index in [4.69, 9.17) is 17.0 Å². The minimum Gasteiger partial charge on any atom is -0.465 e. The van der Waals surface area contributed by atoms with Crippen molar-refractivity contribution in [3.63, 3.8) is 0 Å². The van der Waals surface area contributed by atoms with Gasteiger partial charge >= 0.3 is 5.97 Å². The van der Waals surface area contributed by atoms with Gasteiger partial charge in [0.2, 0.25) is 0 Å². The molecule has 2 heterocycles. The van der Waals surface area contributed by atoms with Crippen molar-refractivity contribution in [2.75, 3.05) is 25.5 Å². The Balaban J connectivity index is 1.73. The molecule has 1 aliphatic heterocycles. The third-order valence-corrected chi connectivity index (χ3v) is 5.39. The van der Waals surface area contributed by atoms with Crippen molar-refractivity contribution >= 4 is 50.0 Å². The number of benzene rings is 1. The number of nitrogens with zero attached hydrogens (tertiary/aromatic N) is 2. The van der Waals surface area contributed by atoms with Crippen molar-refractivity contribution in [2.24, 2.45) is 5.92 Å². The molecule has 0 amide bonds. The molecule has 3 rings (SSSR count). The zero-order chi connectivity index (χ0) is 16.4. The van der Waals surface area contributed by atoms with E-state index in [1.807, 2.05) is 6.07 Å². The zero-order valence-electron chi connectivity index (χ0n) is 13.2. The summed E-state index contributed by atoms with van der Waals surface area (Å²) in [4.78, 5) is 18.3. The number of aromatic nitrogens is 1. The van der Waals surface area contributed by atoms with Crippen LogP contribution >= 0.6 is 23.6 Å². The average Bonchev–Trinajstić information content (AvgIpc) is 2.95. The molecule has 1 aromatic carbocycles. The summed E-state index contributed by atoms with van der Waals surface area (Å²) in [6.07, 6.45) is 2.34.